The molecular formula is C24H30N6O2S2. The number of nitrogens with zero attached hydrogens (tertiary/aromatic N) is 6. The molecule has 8 nitrogen and oxygen atoms in total. The van der Waals surface area contributed by atoms with Gasteiger partial charge in [-0.05, 0) is 67.7 Å². The molecule has 1 aliphatic carbocycles. The largest absolute Gasteiger partial charge is 0.308 e. The summed E-state index contributed by atoms with van der Waals surface area (Å²) in [7, 11) is 4.02. The summed E-state index contributed by atoms with van der Waals surface area (Å²) in [5.41, 5.74) is 2.60. The van der Waals surface area contributed by atoms with Gasteiger partial charge < -0.3 is 4.90 Å². The van der Waals surface area contributed by atoms with Gasteiger partial charge in [0.1, 0.15) is 10.8 Å². The van der Waals surface area contributed by atoms with Crippen LogP contribution in [0, 0.1) is 12.8 Å². The fraction of sp³-hybridized carbons (Fsp3) is 0.500. The van der Waals surface area contributed by atoms with Gasteiger partial charge in [-0.3, -0.25) is 9.59 Å². The molecule has 2 heterocycles. The number of Topliss-reactive ketones (excluding diaryl/α,β-unsaturated/α-hetero) is 2. The Labute approximate surface area is 208 Å². The van der Waals surface area contributed by atoms with Crippen molar-refractivity contribution in [3.8, 4) is 0 Å². The van der Waals surface area contributed by atoms with Crippen molar-refractivity contribution in [1.82, 2.24) is 30.1 Å². The Morgan fingerprint density at radius 1 is 1.21 bits per heavy atom. The third-order valence-corrected chi connectivity index (χ3v) is 8.05. The van der Waals surface area contributed by atoms with Crippen LogP contribution in [-0.2, 0) is 24.2 Å². The molecule has 34 heavy (non-hydrogen) atoms. The normalized spacial score (nSPS) is 14.2. The van der Waals surface area contributed by atoms with Gasteiger partial charge in [-0.1, -0.05) is 30.5 Å². The van der Waals surface area contributed by atoms with Crippen LogP contribution in [0.25, 0.3) is 0 Å². The minimum Gasteiger partial charge on any atom is -0.308 e. The maximum absolute atomic E-state index is 13.1. The van der Waals surface area contributed by atoms with Crippen LogP contribution in [0.2, 0.25) is 0 Å². The van der Waals surface area contributed by atoms with Crippen molar-refractivity contribution < 1.29 is 9.59 Å². The lowest BCUT2D eigenvalue weighted by molar-refractivity contribution is -0.117. The lowest BCUT2D eigenvalue weighted by atomic mass is 9.90. The van der Waals surface area contributed by atoms with Crippen molar-refractivity contribution in [2.24, 2.45) is 5.92 Å². The van der Waals surface area contributed by atoms with Crippen molar-refractivity contribution in [3.05, 3.63) is 46.1 Å². The van der Waals surface area contributed by atoms with Gasteiger partial charge in [0.2, 0.25) is 5.16 Å². The fourth-order valence-corrected chi connectivity index (χ4v) is 6.09. The van der Waals surface area contributed by atoms with Gasteiger partial charge in [0.05, 0.1) is 23.4 Å². The summed E-state index contributed by atoms with van der Waals surface area (Å²) in [5, 5.41) is 13.4. The van der Waals surface area contributed by atoms with Gasteiger partial charge in [-0.15, -0.1) is 16.4 Å². The van der Waals surface area contributed by atoms with E-state index in [0.717, 1.165) is 58.1 Å². The number of hydrogen-bond donors (Lipinski definition) is 0. The summed E-state index contributed by atoms with van der Waals surface area (Å²) < 4.78 is 2.71. The van der Waals surface area contributed by atoms with Crippen molar-refractivity contribution in [1.29, 1.82) is 0 Å². The van der Waals surface area contributed by atoms with Gasteiger partial charge in [0, 0.05) is 24.4 Å². The number of benzene rings is 1. The highest BCUT2D eigenvalue weighted by atomic mass is 32.2. The van der Waals surface area contributed by atoms with Crippen molar-refractivity contribution >= 4 is 34.7 Å². The van der Waals surface area contributed by atoms with Crippen LogP contribution in [0.1, 0.15) is 52.2 Å². The Bertz CT molecular complexity index is 1150. The minimum atomic E-state index is 0.0611. The summed E-state index contributed by atoms with van der Waals surface area (Å²) in [6, 6.07) is 5.86. The zero-order valence-corrected chi connectivity index (χ0v) is 21.5. The van der Waals surface area contributed by atoms with Crippen LogP contribution >= 0.6 is 23.1 Å². The number of aromatic nitrogens is 5. The number of carbonyl (C=O) groups is 2. The van der Waals surface area contributed by atoms with Crippen LogP contribution in [0.5, 0.6) is 0 Å². The van der Waals surface area contributed by atoms with Crippen LogP contribution in [-0.4, -0.2) is 62.3 Å². The van der Waals surface area contributed by atoms with Gasteiger partial charge in [-0.25, -0.2) is 9.67 Å². The molecule has 180 valence electrons. The molecule has 3 aromatic rings. The molecule has 0 saturated heterocycles. The Balaban J connectivity index is 1.39. The Morgan fingerprint density at radius 3 is 2.76 bits per heavy atom. The van der Waals surface area contributed by atoms with Crippen molar-refractivity contribution in [2.45, 2.75) is 61.4 Å². The number of thiazole rings is 1. The average molecular weight is 499 g/mol. The highest BCUT2D eigenvalue weighted by molar-refractivity contribution is 8.01. The monoisotopic (exact) mass is 498 g/mol. The van der Waals surface area contributed by atoms with E-state index in [9.17, 15) is 9.59 Å². The summed E-state index contributed by atoms with van der Waals surface area (Å²) in [4.78, 5) is 32.5. The molecular weight excluding hydrogens is 468 g/mol. The van der Waals surface area contributed by atoms with Crippen LogP contribution in [0.15, 0.2) is 33.8 Å². The highest BCUT2D eigenvalue weighted by Gasteiger charge is 2.26. The number of ketones is 2. The standard InChI is InChI=1S/C24H30N6O2S2/c1-16-8-9-18(20(12-16)23(32)17-6-4-5-7-17)13-19(31)14-21-25-15-22(33-21)34-24-26-27-28-30(24)11-10-29(2)3/h8-9,12,15,17H,4-7,10-11,13-14H2,1-3H3. The molecule has 0 radical (unpaired) electrons. The smallest absolute Gasteiger partial charge is 0.215 e. The second-order valence-electron chi connectivity index (χ2n) is 9.06. The zero-order chi connectivity index (χ0) is 24.1. The summed E-state index contributed by atoms with van der Waals surface area (Å²) in [5.74, 6) is 0.360. The first-order valence-corrected chi connectivity index (χ1v) is 13.2. The van der Waals surface area contributed by atoms with E-state index >= 15 is 0 Å². The van der Waals surface area contributed by atoms with Crippen molar-refractivity contribution in [3.63, 3.8) is 0 Å². The second-order valence-corrected chi connectivity index (χ2v) is 11.4. The van der Waals surface area contributed by atoms with E-state index in [-0.39, 0.29) is 30.3 Å². The number of carbonyl (C=O) groups excluding carboxylic acids is 2. The third kappa shape index (κ3) is 6.37. The molecule has 0 spiro atoms. The molecule has 2 aromatic heterocycles. The number of hydrogen-bond acceptors (Lipinski definition) is 9. The number of likely N-dealkylation sites (N-methyl/N-ethyl adjacent to an activating group) is 1. The van der Waals surface area contributed by atoms with E-state index in [1.807, 2.05) is 39.2 Å². The Morgan fingerprint density at radius 2 is 2.00 bits per heavy atom. The number of tetrazole rings is 1. The fourth-order valence-electron chi connectivity index (χ4n) is 4.14. The SMILES string of the molecule is Cc1ccc(CC(=O)Cc2ncc(Sc3nnnn3CCN(C)C)s2)c(C(=O)C2CCCC2)c1. The van der Waals surface area contributed by atoms with Crippen LogP contribution in [0.4, 0.5) is 0 Å². The lowest BCUT2D eigenvalue weighted by Gasteiger charge is -2.13. The first kappa shape index (κ1) is 24.7. The molecule has 4 rings (SSSR count). The average Bonchev–Trinajstić information content (AvgIpc) is 3.56. The quantitative estimate of drug-likeness (QED) is 0.368. The molecule has 0 bridgehead atoms. The molecule has 0 unspecified atom stereocenters. The van der Waals surface area contributed by atoms with Gasteiger partial charge in [0.25, 0.3) is 0 Å². The zero-order valence-electron chi connectivity index (χ0n) is 19.9. The molecule has 0 atom stereocenters. The minimum absolute atomic E-state index is 0.0611. The maximum atomic E-state index is 13.1. The Kier molecular flexibility index (Phi) is 8.23. The molecule has 0 amide bonds. The summed E-state index contributed by atoms with van der Waals surface area (Å²) in [6.07, 6.45) is 6.41. The van der Waals surface area contributed by atoms with Gasteiger partial charge in [-0.2, -0.15) is 0 Å². The van der Waals surface area contributed by atoms with E-state index < -0.39 is 0 Å². The van der Waals surface area contributed by atoms with Crippen molar-refractivity contribution in [2.75, 3.05) is 20.6 Å². The maximum Gasteiger partial charge on any atom is 0.215 e. The molecule has 10 heteroatoms. The summed E-state index contributed by atoms with van der Waals surface area (Å²) >= 11 is 2.94. The van der Waals surface area contributed by atoms with E-state index in [2.05, 4.69) is 25.4 Å². The lowest BCUT2D eigenvalue weighted by Crippen LogP contribution is -2.19. The molecule has 0 N–H and O–H groups in total. The predicted octanol–water partition coefficient (Wildman–Crippen LogP) is 3.88. The second kappa shape index (κ2) is 11.3. The summed E-state index contributed by atoms with van der Waals surface area (Å²) in [6.45, 7) is 3.53. The number of rotatable bonds is 11. The molecule has 1 fully saturated rings. The first-order valence-electron chi connectivity index (χ1n) is 11.6. The molecule has 0 aliphatic heterocycles. The molecule has 1 saturated carbocycles. The molecule has 1 aliphatic rings. The van der Waals surface area contributed by atoms with E-state index in [4.69, 9.17) is 0 Å². The van der Waals surface area contributed by atoms with Gasteiger partial charge >= 0.3 is 0 Å². The topological polar surface area (TPSA) is 93.9 Å². The van der Waals surface area contributed by atoms with E-state index in [1.165, 1.54) is 23.1 Å². The molecule has 1 aromatic carbocycles. The Hall–Kier alpha value is -2.43. The van der Waals surface area contributed by atoms with Gasteiger partial charge in [0.15, 0.2) is 5.78 Å². The van der Waals surface area contributed by atoms with Crippen LogP contribution in [0.3, 0.4) is 0 Å². The third-order valence-electron chi connectivity index (χ3n) is 5.98. The van der Waals surface area contributed by atoms with Crippen LogP contribution < -0.4 is 0 Å². The van der Waals surface area contributed by atoms with E-state index in [1.54, 1.807) is 10.9 Å². The number of aryl methyl sites for hydroxylation is 1. The highest BCUT2D eigenvalue weighted by Crippen LogP contribution is 2.32. The predicted molar refractivity (Wildman–Crippen MR) is 132 cm³/mol. The first-order chi connectivity index (χ1) is 16.4. The van der Waals surface area contributed by atoms with E-state index in [0.29, 0.717) is 11.7 Å².